The highest BCUT2D eigenvalue weighted by molar-refractivity contribution is 5.96. The van der Waals surface area contributed by atoms with Crippen LogP contribution in [0.5, 0.6) is 0 Å². The van der Waals surface area contributed by atoms with Gasteiger partial charge < -0.3 is 9.64 Å². The molecule has 122 valence electrons. The van der Waals surface area contributed by atoms with Crippen molar-refractivity contribution in [2.24, 2.45) is 0 Å². The molecule has 2 aromatic heterocycles. The zero-order chi connectivity index (χ0) is 16.1. The summed E-state index contributed by atoms with van der Waals surface area (Å²) in [5.74, 6) is 0.0244. The molecular weight excluding hydrogens is 294 g/mol. The van der Waals surface area contributed by atoms with Crippen molar-refractivity contribution < 1.29 is 9.53 Å². The molecule has 1 amide bonds. The average molecular weight is 315 g/mol. The number of hydrogen-bond acceptors (Lipinski definition) is 5. The van der Waals surface area contributed by atoms with Crippen molar-refractivity contribution >= 4 is 11.6 Å². The van der Waals surface area contributed by atoms with Crippen LogP contribution in [-0.2, 0) is 4.74 Å². The Hall–Kier alpha value is -1.99. The lowest BCUT2D eigenvalue weighted by Gasteiger charge is -2.33. The molecule has 2 aromatic rings. The van der Waals surface area contributed by atoms with Crippen molar-refractivity contribution in [1.29, 1.82) is 0 Å². The summed E-state index contributed by atoms with van der Waals surface area (Å²) in [7, 11) is 2.10. The highest BCUT2D eigenvalue weighted by atomic mass is 16.5. The van der Waals surface area contributed by atoms with Crippen molar-refractivity contribution in [2.45, 2.75) is 26.0 Å². The van der Waals surface area contributed by atoms with E-state index in [0.717, 1.165) is 30.2 Å². The first-order valence-electron chi connectivity index (χ1n) is 7.98. The standard InChI is InChI=1S/C16H21N5O2/c1-10-15(11(2)21-14(18-10)4-5-17-21)16(22)20-8-12-13(9-20)23-7-6-19(12)3/h4-5,12-13H,6-9H2,1-3H3/t12-,13+/m0/s1. The Balaban J connectivity index is 1.67. The summed E-state index contributed by atoms with van der Waals surface area (Å²) >= 11 is 0. The molecule has 7 heteroatoms. The fraction of sp³-hybridized carbons (Fsp3) is 0.562. The van der Waals surface area contributed by atoms with Gasteiger partial charge >= 0.3 is 0 Å². The fourth-order valence-corrected chi connectivity index (χ4v) is 3.73. The highest BCUT2D eigenvalue weighted by Gasteiger charge is 2.41. The maximum atomic E-state index is 13.1. The number of amides is 1. The molecule has 2 atom stereocenters. The van der Waals surface area contributed by atoms with Crippen LogP contribution in [0.4, 0.5) is 0 Å². The van der Waals surface area contributed by atoms with Gasteiger partial charge in [-0.15, -0.1) is 0 Å². The third kappa shape index (κ3) is 2.22. The van der Waals surface area contributed by atoms with Crippen molar-refractivity contribution in [3.63, 3.8) is 0 Å². The molecule has 4 rings (SSSR count). The monoisotopic (exact) mass is 315 g/mol. The molecule has 0 aliphatic carbocycles. The molecule has 0 saturated carbocycles. The number of carbonyl (C=O) groups excluding carboxylic acids is 1. The Bertz CT molecular complexity index is 771. The minimum absolute atomic E-state index is 0.0244. The Morgan fingerprint density at radius 3 is 2.96 bits per heavy atom. The van der Waals surface area contributed by atoms with E-state index in [1.54, 1.807) is 10.7 Å². The molecule has 0 aromatic carbocycles. The summed E-state index contributed by atoms with van der Waals surface area (Å²) in [6, 6.07) is 2.14. The second-order valence-electron chi connectivity index (χ2n) is 6.43. The predicted octanol–water partition coefficient (Wildman–Crippen LogP) is 0.501. The van der Waals surface area contributed by atoms with Gasteiger partial charge in [-0.25, -0.2) is 9.50 Å². The van der Waals surface area contributed by atoms with Gasteiger partial charge in [0.1, 0.15) is 0 Å². The SMILES string of the molecule is Cc1nc2ccnn2c(C)c1C(=O)N1C[C@H]2OCCN(C)[C@H]2C1. The molecule has 4 heterocycles. The van der Waals surface area contributed by atoms with Crippen LogP contribution in [0.15, 0.2) is 12.3 Å². The van der Waals surface area contributed by atoms with Gasteiger partial charge in [-0.1, -0.05) is 0 Å². The largest absolute Gasteiger partial charge is 0.373 e. The second kappa shape index (κ2) is 5.28. The number of likely N-dealkylation sites (tertiary alicyclic amines) is 1. The number of fused-ring (bicyclic) bond motifs is 2. The lowest BCUT2D eigenvalue weighted by molar-refractivity contribution is -0.0368. The number of morpholine rings is 1. The number of likely N-dealkylation sites (N-methyl/N-ethyl adjacent to an activating group) is 1. The number of nitrogens with zero attached hydrogens (tertiary/aromatic N) is 5. The quantitative estimate of drug-likeness (QED) is 0.767. The molecule has 0 radical (unpaired) electrons. The lowest BCUT2D eigenvalue weighted by atomic mass is 10.1. The van der Waals surface area contributed by atoms with E-state index in [-0.39, 0.29) is 18.1 Å². The van der Waals surface area contributed by atoms with Crippen LogP contribution in [0.1, 0.15) is 21.7 Å². The number of carbonyl (C=O) groups is 1. The van der Waals surface area contributed by atoms with E-state index in [1.165, 1.54) is 0 Å². The molecule has 2 aliphatic heterocycles. The summed E-state index contributed by atoms with van der Waals surface area (Å²) in [4.78, 5) is 21.8. The van der Waals surface area contributed by atoms with Crippen LogP contribution in [0, 0.1) is 13.8 Å². The molecule has 0 N–H and O–H groups in total. The minimum Gasteiger partial charge on any atom is -0.373 e. The fourth-order valence-electron chi connectivity index (χ4n) is 3.73. The number of hydrogen-bond donors (Lipinski definition) is 0. The van der Waals surface area contributed by atoms with Crippen molar-refractivity contribution in [3.05, 3.63) is 29.2 Å². The van der Waals surface area contributed by atoms with E-state index < -0.39 is 0 Å². The predicted molar refractivity (Wildman–Crippen MR) is 84.5 cm³/mol. The van der Waals surface area contributed by atoms with E-state index in [9.17, 15) is 4.79 Å². The van der Waals surface area contributed by atoms with Crippen LogP contribution in [0.3, 0.4) is 0 Å². The molecule has 2 aliphatic rings. The van der Waals surface area contributed by atoms with Gasteiger partial charge in [-0.2, -0.15) is 5.10 Å². The first-order valence-corrected chi connectivity index (χ1v) is 7.98. The Labute approximate surface area is 134 Å². The minimum atomic E-state index is 0.0244. The molecular formula is C16H21N5O2. The lowest BCUT2D eigenvalue weighted by Crippen LogP contribution is -2.48. The van der Waals surface area contributed by atoms with E-state index in [2.05, 4.69) is 22.0 Å². The van der Waals surface area contributed by atoms with Crippen LogP contribution >= 0.6 is 0 Å². The third-order valence-corrected chi connectivity index (χ3v) is 5.03. The van der Waals surface area contributed by atoms with Crippen LogP contribution in [0.2, 0.25) is 0 Å². The highest BCUT2D eigenvalue weighted by Crippen LogP contribution is 2.25. The molecule has 23 heavy (non-hydrogen) atoms. The normalized spacial score (nSPS) is 25.1. The zero-order valence-corrected chi connectivity index (χ0v) is 13.7. The van der Waals surface area contributed by atoms with E-state index in [4.69, 9.17) is 4.74 Å². The summed E-state index contributed by atoms with van der Waals surface area (Å²) in [6.45, 7) is 6.81. The topological polar surface area (TPSA) is 63.0 Å². The Morgan fingerprint density at radius 1 is 1.35 bits per heavy atom. The summed E-state index contributed by atoms with van der Waals surface area (Å²) < 4.78 is 7.57. The number of aryl methyl sites for hydroxylation is 2. The first-order chi connectivity index (χ1) is 11.1. The second-order valence-corrected chi connectivity index (χ2v) is 6.43. The molecule has 0 unspecified atom stereocenters. The van der Waals surface area contributed by atoms with Gasteiger partial charge in [0, 0.05) is 25.7 Å². The molecule has 2 fully saturated rings. The van der Waals surface area contributed by atoms with E-state index >= 15 is 0 Å². The first kappa shape index (κ1) is 14.6. The van der Waals surface area contributed by atoms with Gasteiger partial charge in [0.2, 0.25) is 0 Å². The third-order valence-electron chi connectivity index (χ3n) is 5.03. The van der Waals surface area contributed by atoms with Gasteiger partial charge in [0.25, 0.3) is 5.91 Å². The van der Waals surface area contributed by atoms with E-state index in [0.29, 0.717) is 18.7 Å². The number of rotatable bonds is 1. The maximum Gasteiger partial charge on any atom is 0.257 e. The summed E-state index contributed by atoms with van der Waals surface area (Å²) in [5.41, 5.74) is 3.02. The molecule has 0 bridgehead atoms. The van der Waals surface area contributed by atoms with Crippen molar-refractivity contribution in [1.82, 2.24) is 24.4 Å². The molecule has 7 nitrogen and oxygen atoms in total. The summed E-state index contributed by atoms with van der Waals surface area (Å²) in [5, 5.41) is 4.26. The smallest absolute Gasteiger partial charge is 0.257 e. The molecule has 0 spiro atoms. The van der Waals surface area contributed by atoms with Crippen LogP contribution in [-0.4, -0.2) is 75.7 Å². The Morgan fingerprint density at radius 2 is 2.17 bits per heavy atom. The van der Waals surface area contributed by atoms with Crippen LogP contribution in [0.25, 0.3) is 5.65 Å². The average Bonchev–Trinajstić information content (AvgIpc) is 3.14. The van der Waals surface area contributed by atoms with Gasteiger partial charge in [-0.05, 0) is 20.9 Å². The Kier molecular flexibility index (Phi) is 3.35. The van der Waals surface area contributed by atoms with Crippen molar-refractivity contribution in [2.75, 3.05) is 33.3 Å². The van der Waals surface area contributed by atoms with Crippen molar-refractivity contribution in [3.8, 4) is 0 Å². The molecule has 2 saturated heterocycles. The van der Waals surface area contributed by atoms with E-state index in [1.807, 2.05) is 24.8 Å². The maximum absolute atomic E-state index is 13.1. The van der Waals surface area contributed by atoms with Gasteiger partial charge in [0.05, 0.1) is 41.9 Å². The number of ether oxygens (including phenoxy) is 1. The summed E-state index contributed by atoms with van der Waals surface area (Å²) in [6.07, 6.45) is 1.82. The van der Waals surface area contributed by atoms with Gasteiger partial charge in [0.15, 0.2) is 5.65 Å². The zero-order valence-electron chi connectivity index (χ0n) is 13.7. The number of aromatic nitrogens is 3. The van der Waals surface area contributed by atoms with Gasteiger partial charge in [-0.3, -0.25) is 9.69 Å². The van der Waals surface area contributed by atoms with Crippen LogP contribution < -0.4 is 0 Å².